The van der Waals surface area contributed by atoms with Crippen molar-refractivity contribution in [3.8, 4) is 0 Å². The molecule has 2 unspecified atom stereocenters. The Balaban J connectivity index is 0.888. The number of ether oxygens (including phenoxy) is 1. The van der Waals surface area contributed by atoms with E-state index in [0.29, 0.717) is 46.5 Å². The largest absolute Gasteiger partial charge is 0.357 e. The van der Waals surface area contributed by atoms with E-state index < -0.39 is 0 Å². The number of hydrogen-bond donors (Lipinski definition) is 3. The van der Waals surface area contributed by atoms with Crippen molar-refractivity contribution in [2.45, 2.75) is 116 Å². The average molecular weight is 595 g/mol. The number of likely N-dealkylation sites (tertiary alicyclic amines) is 1. The van der Waals surface area contributed by atoms with Gasteiger partial charge in [0.15, 0.2) is 0 Å². The summed E-state index contributed by atoms with van der Waals surface area (Å²) in [5.41, 5.74) is 0.717. The van der Waals surface area contributed by atoms with Gasteiger partial charge >= 0.3 is 0 Å². The van der Waals surface area contributed by atoms with Crippen LogP contribution < -0.4 is 16.0 Å². The van der Waals surface area contributed by atoms with Crippen LogP contribution in [0.1, 0.15) is 98.3 Å². The van der Waals surface area contributed by atoms with Crippen molar-refractivity contribution >= 4 is 11.8 Å². The summed E-state index contributed by atoms with van der Waals surface area (Å²) in [6, 6.07) is 0.230. The first-order valence-electron chi connectivity index (χ1n) is 18.3. The van der Waals surface area contributed by atoms with Gasteiger partial charge in [-0.25, -0.2) is 0 Å². The van der Waals surface area contributed by atoms with Gasteiger partial charge in [-0.15, -0.1) is 0 Å². The van der Waals surface area contributed by atoms with Crippen LogP contribution in [0.3, 0.4) is 0 Å². The van der Waals surface area contributed by atoms with Crippen LogP contribution in [0.25, 0.3) is 0 Å². The molecule has 0 radical (unpaired) electrons. The maximum atomic E-state index is 13.0. The molecule has 1 spiro atoms. The molecule has 0 aromatic heterocycles. The molecule has 0 aromatic rings. The summed E-state index contributed by atoms with van der Waals surface area (Å²) in [7, 11) is 0. The molecule has 0 bridgehead atoms. The lowest BCUT2D eigenvalue weighted by Gasteiger charge is -2.61. The fourth-order valence-electron chi connectivity index (χ4n) is 13.2. The predicted octanol–water partition coefficient (Wildman–Crippen LogP) is 4.56. The monoisotopic (exact) mass is 594 g/mol. The van der Waals surface area contributed by atoms with Gasteiger partial charge in [0.2, 0.25) is 11.8 Å². The number of fused-ring (bicyclic) bond motifs is 8. The van der Waals surface area contributed by atoms with E-state index in [-0.39, 0.29) is 30.0 Å². The lowest BCUT2D eigenvalue weighted by atomic mass is 9.44. The normalized spacial score (nSPS) is 53.6. The SMILES string of the molecule is C[C@@H]1CC[C@@]2(NC1)O[C@H]1C[C@H]3[C@@H]4CC[C@@H]5C[C@H](NC(=O)CC(=O)N6CC7CNCC7C6)CC[C@]5(C)[C@H]4CC[C@]3(C)[C@H]1[C@@H]2C. The maximum Gasteiger partial charge on any atom is 0.232 e. The number of carbonyl (C=O) groups excluding carboxylic acids is 2. The summed E-state index contributed by atoms with van der Waals surface area (Å²) in [6.07, 6.45) is 13.0. The van der Waals surface area contributed by atoms with E-state index in [1.165, 1.54) is 51.4 Å². The van der Waals surface area contributed by atoms with Crippen molar-refractivity contribution < 1.29 is 14.3 Å². The van der Waals surface area contributed by atoms with Gasteiger partial charge in [0.1, 0.15) is 12.1 Å². The van der Waals surface area contributed by atoms with Crippen molar-refractivity contribution in [3.05, 3.63) is 0 Å². The molecule has 7 nitrogen and oxygen atoms in total. The van der Waals surface area contributed by atoms with Crippen LogP contribution in [0.5, 0.6) is 0 Å². The van der Waals surface area contributed by atoms with E-state index in [4.69, 9.17) is 4.74 Å². The van der Waals surface area contributed by atoms with Crippen molar-refractivity contribution in [1.29, 1.82) is 0 Å². The van der Waals surface area contributed by atoms with Gasteiger partial charge in [0, 0.05) is 44.7 Å². The summed E-state index contributed by atoms with van der Waals surface area (Å²) in [4.78, 5) is 27.9. The molecule has 8 aliphatic rings. The summed E-state index contributed by atoms with van der Waals surface area (Å²) >= 11 is 0. The number of nitrogens with one attached hydrogen (secondary N) is 3. The second-order valence-electron chi connectivity index (χ2n) is 17.5. The third-order valence-electron chi connectivity index (χ3n) is 15.6. The molecule has 240 valence electrons. The molecule has 7 heteroatoms. The van der Waals surface area contributed by atoms with Crippen LogP contribution in [0, 0.1) is 64.1 Å². The molecule has 4 aliphatic carbocycles. The number of rotatable bonds is 3. The van der Waals surface area contributed by atoms with Crippen molar-refractivity contribution in [3.63, 3.8) is 0 Å². The van der Waals surface area contributed by atoms with Gasteiger partial charge < -0.3 is 20.3 Å². The van der Waals surface area contributed by atoms with Crippen molar-refractivity contribution in [2.75, 3.05) is 32.7 Å². The van der Waals surface area contributed by atoms with E-state index in [1.54, 1.807) is 0 Å². The van der Waals surface area contributed by atoms with E-state index >= 15 is 0 Å². The molecule has 4 aliphatic heterocycles. The van der Waals surface area contributed by atoms with E-state index in [1.807, 2.05) is 4.90 Å². The Hall–Kier alpha value is -1.18. The minimum atomic E-state index is -0.0747. The molecule has 8 rings (SSSR count). The van der Waals surface area contributed by atoms with Crippen LogP contribution in [-0.2, 0) is 14.3 Å². The number of nitrogens with zero attached hydrogens (tertiary/aromatic N) is 1. The molecule has 8 fully saturated rings. The predicted molar refractivity (Wildman–Crippen MR) is 167 cm³/mol. The molecule has 2 amide bonds. The standard InChI is InChI=1S/C36H58N4O3/c1-21-7-12-36(38-16-21)22(2)33-30(43-36)14-29-27-6-5-25-13-26(8-10-34(25,3)28(27)9-11-35(29,33)4)39-31(41)15-32(42)40-19-23-17-37-18-24(23)20-40/h21-30,33,37-38H,5-20H2,1-4H3,(H,39,41)/t21-,22+,23?,24?,25-,26-,27-,28+,29+,30+,33+,34+,35+,36-/m1/s1. The second kappa shape index (κ2) is 10.4. The first kappa shape index (κ1) is 29.2. The molecule has 4 heterocycles. The number of piperidine rings is 1. The zero-order valence-electron chi connectivity index (χ0n) is 27.3. The smallest absolute Gasteiger partial charge is 0.232 e. The first-order chi connectivity index (χ1) is 20.6. The molecular weight excluding hydrogens is 536 g/mol. The van der Waals surface area contributed by atoms with Gasteiger partial charge in [-0.1, -0.05) is 27.7 Å². The van der Waals surface area contributed by atoms with Crippen LogP contribution in [0.15, 0.2) is 0 Å². The Morgan fingerprint density at radius 2 is 1.65 bits per heavy atom. The molecular formula is C36H58N4O3. The molecule has 14 atom stereocenters. The fourth-order valence-corrected chi connectivity index (χ4v) is 13.2. The van der Waals surface area contributed by atoms with Crippen LogP contribution >= 0.6 is 0 Å². The molecule has 3 N–H and O–H groups in total. The van der Waals surface area contributed by atoms with Crippen LogP contribution in [0.2, 0.25) is 0 Å². The summed E-state index contributed by atoms with van der Waals surface area (Å²) in [5.74, 6) is 6.28. The van der Waals surface area contributed by atoms with Gasteiger partial charge in [-0.05, 0) is 122 Å². The fraction of sp³-hybridized carbons (Fsp3) is 0.944. The Bertz CT molecular complexity index is 1110. The van der Waals surface area contributed by atoms with E-state index in [2.05, 4.69) is 43.6 Å². The topological polar surface area (TPSA) is 82.7 Å². The quantitative estimate of drug-likeness (QED) is 0.418. The highest BCUT2D eigenvalue weighted by Crippen LogP contribution is 2.71. The Morgan fingerprint density at radius 1 is 0.884 bits per heavy atom. The minimum Gasteiger partial charge on any atom is -0.357 e. The Labute approximate surface area is 259 Å². The summed E-state index contributed by atoms with van der Waals surface area (Å²) in [6.45, 7) is 14.9. The highest BCUT2D eigenvalue weighted by atomic mass is 16.5. The van der Waals surface area contributed by atoms with E-state index in [0.717, 1.165) is 69.2 Å². The maximum absolute atomic E-state index is 13.0. The van der Waals surface area contributed by atoms with Gasteiger partial charge in [-0.3, -0.25) is 14.9 Å². The highest BCUT2D eigenvalue weighted by Gasteiger charge is 2.68. The lowest BCUT2D eigenvalue weighted by molar-refractivity contribution is -0.138. The third kappa shape index (κ3) is 4.51. The third-order valence-corrected chi connectivity index (χ3v) is 15.6. The summed E-state index contributed by atoms with van der Waals surface area (Å²) in [5, 5.41) is 10.7. The van der Waals surface area contributed by atoms with E-state index in [9.17, 15) is 9.59 Å². The molecule has 43 heavy (non-hydrogen) atoms. The summed E-state index contributed by atoms with van der Waals surface area (Å²) < 4.78 is 7.09. The van der Waals surface area contributed by atoms with Gasteiger partial charge in [0.25, 0.3) is 0 Å². The zero-order valence-corrected chi connectivity index (χ0v) is 27.3. The minimum absolute atomic E-state index is 0.0227. The molecule has 4 saturated heterocycles. The second-order valence-corrected chi connectivity index (χ2v) is 17.5. The van der Waals surface area contributed by atoms with Crippen LogP contribution in [0.4, 0.5) is 0 Å². The Kier molecular flexibility index (Phi) is 7.08. The van der Waals surface area contributed by atoms with Crippen molar-refractivity contribution in [2.24, 2.45) is 64.1 Å². The first-order valence-corrected chi connectivity index (χ1v) is 18.3. The number of hydrogen-bond acceptors (Lipinski definition) is 5. The average Bonchev–Trinajstić information content (AvgIpc) is 3.71. The lowest BCUT2D eigenvalue weighted by Crippen LogP contribution is -2.58. The zero-order chi connectivity index (χ0) is 29.7. The molecule has 0 aromatic carbocycles. The van der Waals surface area contributed by atoms with Gasteiger partial charge in [0.05, 0.1) is 6.10 Å². The highest BCUT2D eigenvalue weighted by molar-refractivity contribution is 5.97. The Morgan fingerprint density at radius 3 is 2.40 bits per heavy atom. The molecule has 4 saturated carbocycles. The van der Waals surface area contributed by atoms with Crippen molar-refractivity contribution in [1.82, 2.24) is 20.9 Å². The van der Waals surface area contributed by atoms with Gasteiger partial charge in [-0.2, -0.15) is 0 Å². The van der Waals surface area contributed by atoms with Crippen LogP contribution in [-0.4, -0.2) is 67.3 Å². The number of amides is 2. The number of carbonyl (C=O) groups is 2.